The Bertz CT molecular complexity index is 880. The average molecular weight is 525 g/mol. The van der Waals surface area contributed by atoms with Gasteiger partial charge in [-0.1, -0.05) is 77.6 Å². The van der Waals surface area contributed by atoms with Gasteiger partial charge in [0.15, 0.2) is 0 Å². The number of para-hydroxylation sites is 2. The van der Waals surface area contributed by atoms with Gasteiger partial charge in [-0.25, -0.2) is 0 Å². The monoisotopic (exact) mass is 524 g/mol. The molecule has 0 atom stereocenters. The first-order valence-electron chi connectivity index (χ1n) is 14.4. The number of hydrogen-bond acceptors (Lipinski definition) is 4. The number of benzene rings is 2. The number of carbonyl (C=O) groups excluding carboxylic acids is 2. The van der Waals surface area contributed by atoms with Crippen molar-refractivity contribution in [3.8, 4) is 11.5 Å². The highest BCUT2D eigenvalue weighted by Gasteiger charge is 2.13. The Hall–Kier alpha value is -3.02. The summed E-state index contributed by atoms with van der Waals surface area (Å²) in [6.45, 7) is 11.2. The van der Waals surface area contributed by atoms with E-state index >= 15 is 0 Å². The molecule has 0 unspecified atom stereocenters. The average Bonchev–Trinajstić information content (AvgIpc) is 2.89. The van der Waals surface area contributed by atoms with Crippen LogP contribution >= 0.6 is 0 Å². The van der Waals surface area contributed by atoms with Gasteiger partial charge in [0.1, 0.15) is 11.5 Å². The number of carbonyl (C=O) groups is 2. The standard InChI is InChI=1S/C32H48N2O4/c1-25(2)19-23-37-29-17-11-9-15-27(29)31(35)33-21-13-7-5-6-8-14-22-34-32(36)28-16-10-12-18-30(28)38-24-20-26(3)4/h9-12,15-18,25-26H,5-8,13-14,19-24H2,1-4H3,(H,33,35)(H,34,36). The quantitative estimate of drug-likeness (QED) is 0.193. The third-order valence-corrected chi connectivity index (χ3v) is 6.34. The fourth-order valence-electron chi connectivity index (χ4n) is 3.92. The molecule has 2 aromatic rings. The minimum absolute atomic E-state index is 0.0761. The van der Waals surface area contributed by atoms with Crippen molar-refractivity contribution in [2.45, 2.75) is 79.1 Å². The van der Waals surface area contributed by atoms with Crippen LogP contribution in [-0.2, 0) is 0 Å². The van der Waals surface area contributed by atoms with Crippen LogP contribution in [0.4, 0.5) is 0 Å². The van der Waals surface area contributed by atoms with E-state index in [1.54, 1.807) is 0 Å². The number of hydrogen-bond donors (Lipinski definition) is 2. The molecule has 6 heteroatoms. The maximum atomic E-state index is 12.6. The summed E-state index contributed by atoms with van der Waals surface area (Å²) in [5.41, 5.74) is 1.20. The number of ether oxygens (including phenoxy) is 2. The van der Waals surface area contributed by atoms with E-state index in [1.165, 1.54) is 0 Å². The van der Waals surface area contributed by atoms with Gasteiger partial charge in [0.2, 0.25) is 0 Å². The molecule has 2 N–H and O–H groups in total. The van der Waals surface area contributed by atoms with Gasteiger partial charge in [-0.15, -0.1) is 0 Å². The lowest BCUT2D eigenvalue weighted by atomic mass is 10.1. The van der Waals surface area contributed by atoms with Gasteiger partial charge in [-0.2, -0.15) is 0 Å². The van der Waals surface area contributed by atoms with Crippen molar-refractivity contribution in [3.05, 3.63) is 59.7 Å². The molecular formula is C32H48N2O4. The van der Waals surface area contributed by atoms with Crippen LogP contribution in [0.15, 0.2) is 48.5 Å². The van der Waals surface area contributed by atoms with Gasteiger partial charge in [-0.05, 0) is 61.8 Å². The van der Waals surface area contributed by atoms with E-state index in [0.29, 0.717) is 60.8 Å². The van der Waals surface area contributed by atoms with Crippen LogP contribution < -0.4 is 20.1 Å². The van der Waals surface area contributed by atoms with E-state index < -0.39 is 0 Å². The van der Waals surface area contributed by atoms with Gasteiger partial charge in [0, 0.05) is 13.1 Å². The first-order valence-corrected chi connectivity index (χ1v) is 14.4. The van der Waals surface area contributed by atoms with Crippen LogP contribution in [0, 0.1) is 11.8 Å². The van der Waals surface area contributed by atoms with E-state index in [-0.39, 0.29) is 11.8 Å². The lowest BCUT2D eigenvalue weighted by Gasteiger charge is -2.13. The van der Waals surface area contributed by atoms with Crippen LogP contribution in [0.3, 0.4) is 0 Å². The molecule has 210 valence electrons. The second-order valence-corrected chi connectivity index (χ2v) is 10.7. The topological polar surface area (TPSA) is 76.7 Å². The van der Waals surface area contributed by atoms with Crippen LogP contribution in [0.2, 0.25) is 0 Å². The Labute approximate surface area is 229 Å². The molecule has 0 aromatic heterocycles. The molecular weight excluding hydrogens is 476 g/mol. The van der Waals surface area contributed by atoms with Crippen molar-refractivity contribution >= 4 is 11.8 Å². The molecule has 0 saturated carbocycles. The molecule has 6 nitrogen and oxygen atoms in total. The number of nitrogens with one attached hydrogen (secondary N) is 2. The molecule has 2 aromatic carbocycles. The summed E-state index contributed by atoms with van der Waals surface area (Å²) >= 11 is 0. The molecule has 2 amide bonds. The predicted octanol–water partition coefficient (Wildman–Crippen LogP) is 7.04. The van der Waals surface area contributed by atoms with Crippen LogP contribution in [0.5, 0.6) is 11.5 Å². The van der Waals surface area contributed by atoms with E-state index in [9.17, 15) is 9.59 Å². The van der Waals surface area contributed by atoms with Crippen molar-refractivity contribution < 1.29 is 19.1 Å². The Morgan fingerprint density at radius 2 is 0.974 bits per heavy atom. The maximum Gasteiger partial charge on any atom is 0.255 e. The molecule has 0 aliphatic rings. The largest absolute Gasteiger partial charge is 0.493 e. The molecule has 0 heterocycles. The fourth-order valence-corrected chi connectivity index (χ4v) is 3.92. The highest BCUT2D eigenvalue weighted by molar-refractivity contribution is 5.97. The van der Waals surface area contributed by atoms with E-state index in [2.05, 4.69) is 38.3 Å². The minimum Gasteiger partial charge on any atom is -0.493 e. The van der Waals surface area contributed by atoms with Crippen molar-refractivity contribution in [1.82, 2.24) is 10.6 Å². The summed E-state index contributed by atoms with van der Waals surface area (Å²) in [4.78, 5) is 25.2. The SMILES string of the molecule is CC(C)CCOc1ccccc1C(=O)NCCCCCCCCNC(=O)c1ccccc1OCCC(C)C. The van der Waals surface area contributed by atoms with Gasteiger partial charge >= 0.3 is 0 Å². The van der Waals surface area contributed by atoms with Crippen LogP contribution in [0.25, 0.3) is 0 Å². The van der Waals surface area contributed by atoms with Crippen LogP contribution in [0.1, 0.15) is 99.8 Å². The Morgan fingerprint density at radius 3 is 1.37 bits per heavy atom. The zero-order valence-corrected chi connectivity index (χ0v) is 23.9. The molecule has 38 heavy (non-hydrogen) atoms. The predicted molar refractivity (Wildman–Crippen MR) is 155 cm³/mol. The van der Waals surface area contributed by atoms with Gasteiger partial charge < -0.3 is 20.1 Å². The summed E-state index contributed by atoms with van der Waals surface area (Å²) in [6, 6.07) is 14.9. The molecule has 0 fully saturated rings. The van der Waals surface area contributed by atoms with Gasteiger partial charge in [0.05, 0.1) is 24.3 Å². The summed E-state index contributed by atoms with van der Waals surface area (Å²) in [5, 5.41) is 6.05. The Morgan fingerprint density at radius 1 is 0.605 bits per heavy atom. The second-order valence-electron chi connectivity index (χ2n) is 10.7. The molecule has 0 radical (unpaired) electrons. The number of rotatable bonds is 19. The second kappa shape index (κ2) is 18.3. The highest BCUT2D eigenvalue weighted by atomic mass is 16.5. The van der Waals surface area contributed by atoms with Crippen molar-refractivity contribution in [2.75, 3.05) is 26.3 Å². The molecule has 2 rings (SSSR count). The molecule has 0 saturated heterocycles. The summed E-state index contributed by atoms with van der Waals surface area (Å²) in [6.07, 6.45) is 8.20. The minimum atomic E-state index is -0.0761. The Balaban J connectivity index is 1.55. The molecule has 0 spiro atoms. The number of unbranched alkanes of at least 4 members (excludes halogenated alkanes) is 5. The first-order chi connectivity index (χ1) is 18.4. The van der Waals surface area contributed by atoms with Crippen molar-refractivity contribution in [3.63, 3.8) is 0 Å². The van der Waals surface area contributed by atoms with E-state index in [1.807, 2.05) is 48.5 Å². The Kier molecular flexibility index (Phi) is 15.0. The van der Waals surface area contributed by atoms with Crippen molar-refractivity contribution in [2.24, 2.45) is 11.8 Å². The summed E-state index contributed by atoms with van der Waals surface area (Å²) in [5.74, 6) is 2.29. The zero-order chi connectivity index (χ0) is 27.6. The summed E-state index contributed by atoms with van der Waals surface area (Å²) < 4.78 is 11.7. The van der Waals surface area contributed by atoms with E-state index in [4.69, 9.17) is 9.47 Å². The van der Waals surface area contributed by atoms with E-state index in [0.717, 1.165) is 51.4 Å². The number of amides is 2. The smallest absolute Gasteiger partial charge is 0.255 e. The zero-order valence-electron chi connectivity index (χ0n) is 23.9. The van der Waals surface area contributed by atoms with Crippen molar-refractivity contribution in [1.29, 1.82) is 0 Å². The fraction of sp³-hybridized carbons (Fsp3) is 0.562. The lowest BCUT2D eigenvalue weighted by Crippen LogP contribution is -2.25. The lowest BCUT2D eigenvalue weighted by molar-refractivity contribution is 0.0939. The summed E-state index contributed by atoms with van der Waals surface area (Å²) in [7, 11) is 0. The third kappa shape index (κ3) is 12.5. The third-order valence-electron chi connectivity index (χ3n) is 6.34. The molecule has 0 bridgehead atoms. The molecule has 0 aliphatic carbocycles. The normalized spacial score (nSPS) is 11.0. The van der Waals surface area contributed by atoms with Gasteiger partial charge in [0.25, 0.3) is 11.8 Å². The first kappa shape index (κ1) is 31.2. The van der Waals surface area contributed by atoms with Crippen LogP contribution in [-0.4, -0.2) is 38.1 Å². The maximum absolute atomic E-state index is 12.6. The molecule has 0 aliphatic heterocycles. The highest BCUT2D eigenvalue weighted by Crippen LogP contribution is 2.20. The van der Waals surface area contributed by atoms with Gasteiger partial charge in [-0.3, -0.25) is 9.59 Å².